The Kier molecular flexibility index (Phi) is 6.67. The maximum atomic E-state index is 11.9. The summed E-state index contributed by atoms with van der Waals surface area (Å²) in [4.78, 5) is 7.34. The molecule has 2 N–H and O–H groups in total. The van der Waals surface area contributed by atoms with Gasteiger partial charge in [0.15, 0.2) is 15.0 Å². The van der Waals surface area contributed by atoms with Gasteiger partial charge in [0.1, 0.15) is 5.75 Å². The fourth-order valence-electron chi connectivity index (χ4n) is 2.94. The van der Waals surface area contributed by atoms with Crippen molar-refractivity contribution in [2.75, 3.05) is 24.3 Å². The van der Waals surface area contributed by atoms with Crippen LogP contribution in [0.5, 0.6) is 5.75 Å². The molecule has 1 unspecified atom stereocenters. The standard InChI is InChI=1S/C16H21N3O3S2.ClH/c1-22-14-4-2-12(3-5-14)9-19(10-15-8-18-16(17)23-15)13-6-7-24(20,21)11-13;/h2-5,8,13H,6-7,9-11H2,1H3,(H2,17,18);1H. The molecule has 2 aromatic rings. The zero-order valence-electron chi connectivity index (χ0n) is 13.9. The van der Waals surface area contributed by atoms with Gasteiger partial charge >= 0.3 is 0 Å². The second-order valence-electron chi connectivity index (χ2n) is 5.97. The maximum Gasteiger partial charge on any atom is 0.180 e. The summed E-state index contributed by atoms with van der Waals surface area (Å²) in [7, 11) is -1.29. The van der Waals surface area contributed by atoms with E-state index in [1.807, 2.05) is 24.3 Å². The van der Waals surface area contributed by atoms with E-state index in [1.54, 1.807) is 13.3 Å². The number of hydrogen-bond donors (Lipinski definition) is 1. The minimum Gasteiger partial charge on any atom is -0.497 e. The molecule has 6 nitrogen and oxygen atoms in total. The predicted molar refractivity (Wildman–Crippen MR) is 103 cm³/mol. The molecule has 1 saturated heterocycles. The SMILES string of the molecule is COc1ccc(CN(Cc2cnc(N)s2)C2CCS(=O)(=O)C2)cc1.Cl. The van der Waals surface area contributed by atoms with E-state index in [2.05, 4.69) is 9.88 Å². The lowest BCUT2D eigenvalue weighted by Crippen LogP contribution is -2.35. The van der Waals surface area contributed by atoms with Crippen molar-refractivity contribution >= 4 is 38.7 Å². The Hall–Kier alpha value is -1.35. The molecule has 0 spiro atoms. The number of anilines is 1. The predicted octanol–water partition coefficient (Wildman–Crippen LogP) is 2.35. The van der Waals surface area contributed by atoms with Crippen LogP contribution in [0.25, 0.3) is 0 Å². The Balaban J connectivity index is 0.00000225. The van der Waals surface area contributed by atoms with E-state index in [0.29, 0.717) is 24.6 Å². The Morgan fingerprint density at radius 2 is 2.04 bits per heavy atom. The lowest BCUT2D eigenvalue weighted by Gasteiger charge is -2.27. The van der Waals surface area contributed by atoms with Gasteiger partial charge in [-0.25, -0.2) is 13.4 Å². The molecule has 0 amide bonds. The summed E-state index contributed by atoms with van der Waals surface area (Å²) in [5.41, 5.74) is 6.84. The van der Waals surface area contributed by atoms with Crippen LogP contribution in [0.15, 0.2) is 30.5 Å². The maximum absolute atomic E-state index is 11.9. The molecule has 9 heteroatoms. The third-order valence-corrected chi connectivity index (χ3v) is 6.76. The molecule has 2 heterocycles. The number of rotatable bonds is 6. The normalized spacial score (nSPS) is 18.9. The van der Waals surface area contributed by atoms with Gasteiger partial charge in [-0.1, -0.05) is 12.1 Å². The summed E-state index contributed by atoms with van der Waals surface area (Å²) in [6.07, 6.45) is 2.44. The van der Waals surface area contributed by atoms with Gasteiger partial charge in [-0.3, -0.25) is 4.90 Å². The zero-order chi connectivity index (χ0) is 17.2. The summed E-state index contributed by atoms with van der Waals surface area (Å²) in [6.45, 7) is 1.34. The van der Waals surface area contributed by atoms with Crippen molar-refractivity contribution < 1.29 is 13.2 Å². The van der Waals surface area contributed by atoms with Crippen LogP contribution in [-0.2, 0) is 22.9 Å². The molecule has 138 valence electrons. The summed E-state index contributed by atoms with van der Waals surface area (Å²) in [5, 5.41) is 0.536. The van der Waals surface area contributed by atoms with Crippen molar-refractivity contribution in [2.24, 2.45) is 0 Å². The number of nitrogen functional groups attached to an aromatic ring is 1. The first-order valence-corrected chi connectivity index (χ1v) is 10.4. The van der Waals surface area contributed by atoms with Crippen molar-refractivity contribution in [2.45, 2.75) is 25.6 Å². The topological polar surface area (TPSA) is 85.5 Å². The smallest absolute Gasteiger partial charge is 0.180 e. The highest BCUT2D eigenvalue weighted by Gasteiger charge is 2.32. The van der Waals surface area contributed by atoms with Gasteiger partial charge < -0.3 is 10.5 Å². The third-order valence-electron chi connectivity index (χ3n) is 4.20. The molecular formula is C16H22ClN3O3S2. The van der Waals surface area contributed by atoms with Crippen molar-refractivity contribution in [3.05, 3.63) is 40.9 Å². The number of hydrogen-bond acceptors (Lipinski definition) is 7. The Morgan fingerprint density at radius 3 is 2.56 bits per heavy atom. The third kappa shape index (κ3) is 5.31. The number of nitrogens with zero attached hydrogens (tertiary/aromatic N) is 2. The summed E-state index contributed by atoms with van der Waals surface area (Å²) in [6, 6.07) is 7.89. The van der Waals surface area contributed by atoms with Crippen LogP contribution >= 0.6 is 23.7 Å². The number of halogens is 1. The van der Waals surface area contributed by atoms with E-state index in [1.165, 1.54) is 11.3 Å². The second-order valence-corrected chi connectivity index (χ2v) is 9.35. The van der Waals surface area contributed by atoms with Gasteiger partial charge in [-0.2, -0.15) is 0 Å². The van der Waals surface area contributed by atoms with E-state index in [9.17, 15) is 8.42 Å². The quantitative estimate of drug-likeness (QED) is 0.796. The van der Waals surface area contributed by atoms with E-state index in [4.69, 9.17) is 10.5 Å². The molecule has 1 aromatic carbocycles. The lowest BCUT2D eigenvalue weighted by atomic mass is 10.1. The monoisotopic (exact) mass is 403 g/mol. The van der Waals surface area contributed by atoms with E-state index >= 15 is 0 Å². The molecule has 0 bridgehead atoms. The molecule has 0 aliphatic carbocycles. The van der Waals surface area contributed by atoms with Crippen LogP contribution in [0.3, 0.4) is 0 Å². The minimum atomic E-state index is -2.93. The van der Waals surface area contributed by atoms with Crippen LogP contribution < -0.4 is 10.5 Å². The van der Waals surface area contributed by atoms with Crippen LogP contribution in [0.4, 0.5) is 5.13 Å². The first-order chi connectivity index (χ1) is 11.4. The van der Waals surface area contributed by atoms with E-state index in [-0.39, 0.29) is 30.0 Å². The molecule has 1 fully saturated rings. The second kappa shape index (κ2) is 8.35. The van der Waals surface area contributed by atoms with Crippen LogP contribution in [0, 0.1) is 0 Å². The van der Waals surface area contributed by atoms with Crippen molar-refractivity contribution in [3.63, 3.8) is 0 Å². The van der Waals surface area contributed by atoms with Crippen LogP contribution in [0.2, 0.25) is 0 Å². The van der Waals surface area contributed by atoms with Crippen molar-refractivity contribution in [1.29, 1.82) is 0 Å². The molecule has 1 aliphatic rings. The molecule has 0 radical (unpaired) electrons. The molecule has 25 heavy (non-hydrogen) atoms. The number of thiazole rings is 1. The van der Waals surface area contributed by atoms with Gasteiger partial charge in [0.05, 0.1) is 18.6 Å². The summed E-state index contributed by atoms with van der Waals surface area (Å²) < 4.78 is 28.9. The molecule has 1 atom stereocenters. The number of benzene rings is 1. The molecule has 3 rings (SSSR count). The molecule has 0 saturated carbocycles. The highest BCUT2D eigenvalue weighted by atomic mass is 35.5. The van der Waals surface area contributed by atoms with Gasteiger partial charge in [0.2, 0.25) is 0 Å². The Labute approximate surface area is 158 Å². The lowest BCUT2D eigenvalue weighted by molar-refractivity contribution is 0.196. The number of aromatic nitrogens is 1. The summed E-state index contributed by atoms with van der Waals surface area (Å²) >= 11 is 1.45. The van der Waals surface area contributed by atoms with Crippen LogP contribution in [-0.4, -0.2) is 43.0 Å². The zero-order valence-corrected chi connectivity index (χ0v) is 16.4. The van der Waals surface area contributed by atoms with Crippen molar-refractivity contribution in [3.8, 4) is 5.75 Å². The van der Waals surface area contributed by atoms with E-state index < -0.39 is 9.84 Å². The molecule has 1 aliphatic heterocycles. The average Bonchev–Trinajstić information content (AvgIpc) is 3.12. The Morgan fingerprint density at radius 1 is 1.32 bits per heavy atom. The van der Waals surface area contributed by atoms with Crippen LogP contribution in [0.1, 0.15) is 16.9 Å². The number of ether oxygens (including phenoxy) is 1. The fourth-order valence-corrected chi connectivity index (χ4v) is 5.41. The highest BCUT2D eigenvalue weighted by Crippen LogP contribution is 2.25. The highest BCUT2D eigenvalue weighted by molar-refractivity contribution is 7.91. The first kappa shape index (κ1) is 20.0. The van der Waals surface area contributed by atoms with Crippen molar-refractivity contribution in [1.82, 2.24) is 9.88 Å². The average molecular weight is 404 g/mol. The van der Waals surface area contributed by atoms with Gasteiger partial charge in [0, 0.05) is 30.2 Å². The summed E-state index contributed by atoms with van der Waals surface area (Å²) in [5.74, 6) is 1.29. The molecular weight excluding hydrogens is 382 g/mol. The number of methoxy groups -OCH3 is 1. The first-order valence-electron chi connectivity index (χ1n) is 7.73. The van der Waals surface area contributed by atoms with Gasteiger partial charge in [-0.05, 0) is 24.1 Å². The number of nitrogens with two attached hydrogens (primary N) is 1. The van der Waals surface area contributed by atoms with Gasteiger partial charge in [-0.15, -0.1) is 23.7 Å². The van der Waals surface area contributed by atoms with Gasteiger partial charge in [0.25, 0.3) is 0 Å². The van der Waals surface area contributed by atoms with E-state index in [0.717, 1.165) is 16.2 Å². The largest absolute Gasteiger partial charge is 0.497 e. The molecule has 1 aromatic heterocycles. The fraction of sp³-hybridized carbons (Fsp3) is 0.438. The minimum absolute atomic E-state index is 0. The Bertz CT molecular complexity index is 793. The number of sulfone groups is 1.